The topological polar surface area (TPSA) is 67.4 Å². The molecule has 0 fully saturated rings. The lowest BCUT2D eigenvalue weighted by molar-refractivity contribution is -0.138. The normalized spacial score (nSPS) is 11.4. The summed E-state index contributed by atoms with van der Waals surface area (Å²) in [5.41, 5.74) is 1.35. The zero-order valence-electron chi connectivity index (χ0n) is 11.5. The van der Waals surface area contributed by atoms with Gasteiger partial charge in [0.25, 0.3) is 0 Å². The van der Waals surface area contributed by atoms with Crippen LogP contribution in [0.5, 0.6) is 0 Å². The number of hydrogen-bond donors (Lipinski definition) is 0. The molecule has 0 saturated heterocycles. The molecule has 0 radical (unpaired) electrons. The number of nitrogens with zero attached hydrogens (tertiary/aromatic N) is 3. The molecule has 108 valence electrons. The van der Waals surface area contributed by atoms with Crippen molar-refractivity contribution >= 4 is 33.6 Å². The summed E-state index contributed by atoms with van der Waals surface area (Å²) in [6, 6.07) is 5.60. The summed E-state index contributed by atoms with van der Waals surface area (Å²) < 4.78 is 7.72. The maximum absolute atomic E-state index is 11.8. The number of halogens is 1. The average molecular weight is 348 g/mol. The van der Waals surface area contributed by atoms with Gasteiger partial charge in [0, 0.05) is 10.7 Å². The monoisotopic (exact) mass is 347 g/mol. The number of esters is 1. The van der Waals surface area contributed by atoms with Gasteiger partial charge in [0.1, 0.15) is 17.3 Å². The average Bonchev–Trinajstić information content (AvgIpc) is 2.87. The molecule has 0 N–H and O–H groups in total. The van der Waals surface area contributed by atoms with Crippen LogP contribution in [0.25, 0.3) is 11.7 Å². The number of imidazole rings is 1. The van der Waals surface area contributed by atoms with Crippen molar-refractivity contribution in [1.82, 2.24) is 9.38 Å². The van der Waals surface area contributed by atoms with Crippen LogP contribution in [0.4, 0.5) is 0 Å². The van der Waals surface area contributed by atoms with E-state index in [9.17, 15) is 4.79 Å². The lowest BCUT2D eigenvalue weighted by atomic mass is 10.2. The quantitative estimate of drug-likeness (QED) is 0.360. The van der Waals surface area contributed by atoms with Crippen molar-refractivity contribution in [3.63, 3.8) is 0 Å². The van der Waals surface area contributed by atoms with Gasteiger partial charge >= 0.3 is 5.97 Å². The molecule has 21 heavy (non-hydrogen) atoms. The van der Waals surface area contributed by atoms with Gasteiger partial charge in [-0.05, 0) is 40.6 Å². The Morgan fingerprint density at radius 3 is 3.10 bits per heavy atom. The summed E-state index contributed by atoms with van der Waals surface area (Å²) in [7, 11) is 0. The molecule has 0 bridgehead atoms. The predicted molar refractivity (Wildman–Crippen MR) is 82.3 cm³/mol. The van der Waals surface area contributed by atoms with E-state index in [1.165, 1.54) is 6.08 Å². The van der Waals surface area contributed by atoms with E-state index in [1.807, 2.05) is 31.3 Å². The van der Waals surface area contributed by atoms with Crippen LogP contribution < -0.4 is 0 Å². The summed E-state index contributed by atoms with van der Waals surface area (Å²) in [5.74, 6) is -0.601. The fourth-order valence-electron chi connectivity index (χ4n) is 1.75. The van der Waals surface area contributed by atoms with E-state index >= 15 is 0 Å². The smallest absolute Gasteiger partial charge is 0.348 e. The van der Waals surface area contributed by atoms with E-state index < -0.39 is 5.97 Å². The molecule has 5 nitrogen and oxygen atoms in total. The van der Waals surface area contributed by atoms with E-state index in [0.717, 1.165) is 23.0 Å². The molecular formula is C15H14BrN3O2. The number of rotatable bonds is 5. The number of carbonyl (C=O) groups excluding carboxylic acids is 1. The number of ether oxygens (including phenoxy) is 1. The maximum Gasteiger partial charge on any atom is 0.348 e. The van der Waals surface area contributed by atoms with Crippen molar-refractivity contribution < 1.29 is 9.53 Å². The molecule has 0 aliphatic carbocycles. The second kappa shape index (κ2) is 7.04. The first-order valence-corrected chi connectivity index (χ1v) is 7.36. The number of nitriles is 1. The van der Waals surface area contributed by atoms with E-state index in [2.05, 4.69) is 20.9 Å². The summed E-state index contributed by atoms with van der Waals surface area (Å²) in [6.45, 7) is 2.33. The van der Waals surface area contributed by atoms with Crippen molar-refractivity contribution in [2.45, 2.75) is 19.8 Å². The minimum Gasteiger partial charge on any atom is -0.462 e. The molecule has 6 heteroatoms. The Morgan fingerprint density at radius 1 is 1.57 bits per heavy atom. The molecule has 0 aliphatic heterocycles. The van der Waals surface area contributed by atoms with E-state index in [0.29, 0.717) is 12.3 Å². The highest BCUT2D eigenvalue weighted by Crippen LogP contribution is 2.16. The van der Waals surface area contributed by atoms with Gasteiger partial charge in [-0.25, -0.2) is 9.78 Å². The Morgan fingerprint density at radius 2 is 2.38 bits per heavy atom. The van der Waals surface area contributed by atoms with Crippen LogP contribution >= 0.6 is 15.9 Å². The van der Waals surface area contributed by atoms with Crippen LogP contribution in [-0.4, -0.2) is 22.0 Å². The standard InChI is InChI=1S/C15H14BrN3O2/c1-2-3-6-21-15(20)11(8-17)7-13-9-18-14-5-4-12(16)10-19(13)14/h4-5,7,9-10H,2-3,6H2,1H3. The van der Waals surface area contributed by atoms with Crippen LogP contribution in [0.2, 0.25) is 0 Å². The van der Waals surface area contributed by atoms with E-state index in [4.69, 9.17) is 10.00 Å². The first-order chi connectivity index (χ1) is 10.2. The highest BCUT2D eigenvalue weighted by atomic mass is 79.9. The molecule has 0 spiro atoms. The van der Waals surface area contributed by atoms with Crippen molar-refractivity contribution in [3.05, 3.63) is 40.3 Å². The molecule has 0 unspecified atom stereocenters. The highest BCUT2D eigenvalue weighted by molar-refractivity contribution is 9.10. The molecule has 0 atom stereocenters. The van der Waals surface area contributed by atoms with Gasteiger partial charge in [0.2, 0.25) is 0 Å². The second-order valence-corrected chi connectivity index (χ2v) is 5.33. The Hall–Kier alpha value is -2.13. The van der Waals surface area contributed by atoms with Crippen molar-refractivity contribution in [1.29, 1.82) is 5.26 Å². The lowest BCUT2D eigenvalue weighted by Gasteiger charge is -2.02. The second-order valence-electron chi connectivity index (χ2n) is 4.42. The number of fused-ring (bicyclic) bond motifs is 1. The number of carbonyl (C=O) groups is 1. The third kappa shape index (κ3) is 3.70. The SMILES string of the molecule is CCCCOC(=O)C(C#N)=Cc1cnc2ccc(Br)cn12. The minimum atomic E-state index is -0.601. The largest absolute Gasteiger partial charge is 0.462 e. The Kier molecular flexibility index (Phi) is 5.12. The molecule has 2 aromatic rings. The number of unbranched alkanes of at least 4 members (excludes halogenated alkanes) is 1. The lowest BCUT2D eigenvalue weighted by Crippen LogP contribution is -2.08. The predicted octanol–water partition coefficient (Wildman–Crippen LogP) is 3.35. The van der Waals surface area contributed by atoms with Gasteiger partial charge in [0.15, 0.2) is 0 Å². The van der Waals surface area contributed by atoms with Gasteiger partial charge < -0.3 is 4.74 Å². The van der Waals surface area contributed by atoms with E-state index in [1.54, 1.807) is 10.6 Å². The van der Waals surface area contributed by atoms with Gasteiger partial charge in [-0.2, -0.15) is 5.26 Å². The zero-order valence-corrected chi connectivity index (χ0v) is 13.1. The van der Waals surface area contributed by atoms with Crippen LogP contribution in [0.15, 0.2) is 34.6 Å². The molecule has 0 aromatic carbocycles. The van der Waals surface area contributed by atoms with Gasteiger partial charge in [-0.1, -0.05) is 13.3 Å². The Balaban J connectivity index is 2.28. The van der Waals surface area contributed by atoms with Crippen molar-refractivity contribution in [2.24, 2.45) is 0 Å². The van der Waals surface area contributed by atoms with Crippen LogP contribution in [-0.2, 0) is 9.53 Å². The van der Waals surface area contributed by atoms with E-state index in [-0.39, 0.29) is 5.57 Å². The third-order valence-corrected chi connectivity index (χ3v) is 3.33. The number of aromatic nitrogens is 2. The molecule has 0 saturated carbocycles. The first-order valence-electron chi connectivity index (χ1n) is 6.57. The maximum atomic E-state index is 11.8. The van der Waals surface area contributed by atoms with Crippen molar-refractivity contribution in [3.8, 4) is 6.07 Å². The van der Waals surface area contributed by atoms with Crippen molar-refractivity contribution in [2.75, 3.05) is 6.61 Å². The zero-order chi connectivity index (χ0) is 15.2. The molecular weight excluding hydrogens is 334 g/mol. The molecule has 2 aromatic heterocycles. The molecule has 2 heterocycles. The van der Waals surface area contributed by atoms with Crippen LogP contribution in [0, 0.1) is 11.3 Å². The van der Waals surface area contributed by atoms with Crippen LogP contribution in [0.3, 0.4) is 0 Å². The molecule has 0 aliphatic rings. The Bertz CT molecular complexity index is 728. The fourth-order valence-corrected chi connectivity index (χ4v) is 2.09. The number of pyridine rings is 1. The van der Waals surface area contributed by atoms with Crippen LogP contribution in [0.1, 0.15) is 25.5 Å². The summed E-state index contributed by atoms with van der Waals surface area (Å²) in [6.07, 6.45) is 6.64. The van der Waals surface area contributed by atoms with Gasteiger partial charge in [-0.3, -0.25) is 4.40 Å². The summed E-state index contributed by atoms with van der Waals surface area (Å²) in [4.78, 5) is 16.0. The highest BCUT2D eigenvalue weighted by Gasteiger charge is 2.12. The fraction of sp³-hybridized carbons (Fsp3) is 0.267. The molecule has 2 rings (SSSR count). The number of hydrogen-bond acceptors (Lipinski definition) is 4. The first kappa shape index (κ1) is 15.3. The molecule has 0 amide bonds. The van der Waals surface area contributed by atoms with Gasteiger partial charge in [-0.15, -0.1) is 0 Å². The van der Waals surface area contributed by atoms with Gasteiger partial charge in [0.05, 0.1) is 18.5 Å². The summed E-state index contributed by atoms with van der Waals surface area (Å²) >= 11 is 3.38. The summed E-state index contributed by atoms with van der Waals surface area (Å²) in [5, 5.41) is 9.12. The minimum absolute atomic E-state index is 0.0344. The Labute approximate surface area is 131 Å². The third-order valence-electron chi connectivity index (χ3n) is 2.86.